The van der Waals surface area contributed by atoms with Gasteiger partial charge in [-0.3, -0.25) is 9.36 Å². The Hall–Kier alpha value is -2.53. The minimum absolute atomic E-state index is 0.100. The van der Waals surface area contributed by atoms with Gasteiger partial charge in [-0.05, 0) is 17.7 Å². The van der Waals surface area contributed by atoms with E-state index in [0.29, 0.717) is 12.2 Å². The van der Waals surface area contributed by atoms with Gasteiger partial charge in [0.1, 0.15) is 5.69 Å². The Labute approximate surface area is 145 Å². The van der Waals surface area contributed by atoms with Crippen molar-refractivity contribution in [2.24, 2.45) is 0 Å². The minimum Gasteiger partial charge on any atom is -0.350 e. The number of nitrogens with one attached hydrogen (secondary N) is 1. The first-order valence-electron chi connectivity index (χ1n) is 7.82. The van der Waals surface area contributed by atoms with Crippen molar-refractivity contribution in [1.29, 1.82) is 0 Å². The number of thioether (sulfide) groups is 1. The third-order valence-corrected chi connectivity index (χ3v) is 4.58. The Morgan fingerprint density at radius 3 is 2.50 bits per heavy atom. The number of imidazole rings is 1. The second-order valence-electron chi connectivity index (χ2n) is 5.28. The topological polar surface area (TPSA) is 46.9 Å². The maximum atomic E-state index is 12.4. The van der Waals surface area contributed by atoms with E-state index in [1.807, 2.05) is 60.3 Å². The van der Waals surface area contributed by atoms with Crippen molar-refractivity contribution in [2.45, 2.75) is 5.75 Å². The molecule has 122 valence electrons. The standard InChI is InChI=1S/C19H19N3OS/c23-19(21-11-12-24-14-16-7-3-1-4-8-16)18-13-20-15-22(18)17-9-5-2-6-10-17/h1-10,13,15H,11-12,14H2,(H,21,23). The monoisotopic (exact) mass is 337 g/mol. The largest absolute Gasteiger partial charge is 0.350 e. The third kappa shape index (κ3) is 4.26. The Kier molecular flexibility index (Phi) is 5.69. The zero-order chi connectivity index (χ0) is 16.6. The number of aromatic nitrogens is 2. The Morgan fingerprint density at radius 2 is 1.75 bits per heavy atom. The first-order valence-corrected chi connectivity index (χ1v) is 8.98. The molecule has 1 amide bonds. The number of hydrogen-bond acceptors (Lipinski definition) is 3. The van der Waals surface area contributed by atoms with Crippen molar-refractivity contribution in [3.05, 3.63) is 84.4 Å². The number of amides is 1. The first kappa shape index (κ1) is 16.3. The molecule has 0 aliphatic heterocycles. The number of rotatable bonds is 7. The molecule has 0 saturated carbocycles. The number of carbonyl (C=O) groups is 1. The number of hydrogen-bond donors (Lipinski definition) is 1. The molecule has 0 aliphatic carbocycles. The maximum Gasteiger partial charge on any atom is 0.269 e. The van der Waals surface area contributed by atoms with Gasteiger partial charge in [0.05, 0.1) is 12.5 Å². The second kappa shape index (κ2) is 8.36. The molecule has 0 spiro atoms. The average Bonchev–Trinajstić information content (AvgIpc) is 3.13. The number of benzene rings is 2. The molecular formula is C19H19N3OS. The van der Waals surface area contributed by atoms with E-state index in [-0.39, 0.29) is 5.91 Å². The predicted molar refractivity (Wildman–Crippen MR) is 98.5 cm³/mol. The summed E-state index contributed by atoms with van der Waals surface area (Å²) in [6, 6.07) is 20.1. The second-order valence-corrected chi connectivity index (χ2v) is 6.38. The van der Waals surface area contributed by atoms with Crippen molar-refractivity contribution in [3.8, 4) is 5.69 Å². The summed E-state index contributed by atoms with van der Waals surface area (Å²) in [6.07, 6.45) is 3.26. The highest BCUT2D eigenvalue weighted by atomic mass is 32.2. The van der Waals surface area contributed by atoms with Crippen LogP contribution in [0, 0.1) is 0 Å². The average molecular weight is 337 g/mol. The van der Waals surface area contributed by atoms with E-state index in [2.05, 4.69) is 22.4 Å². The molecule has 1 heterocycles. The Bertz CT molecular complexity index is 772. The van der Waals surface area contributed by atoms with Crippen LogP contribution in [-0.4, -0.2) is 27.8 Å². The van der Waals surface area contributed by atoms with Crippen molar-refractivity contribution in [1.82, 2.24) is 14.9 Å². The van der Waals surface area contributed by atoms with Gasteiger partial charge in [0.15, 0.2) is 0 Å². The van der Waals surface area contributed by atoms with Crippen LogP contribution in [-0.2, 0) is 5.75 Å². The predicted octanol–water partition coefficient (Wildman–Crippen LogP) is 3.54. The fourth-order valence-corrected chi connectivity index (χ4v) is 3.17. The van der Waals surface area contributed by atoms with Crippen LogP contribution in [0.25, 0.3) is 5.69 Å². The fourth-order valence-electron chi connectivity index (χ4n) is 2.35. The molecule has 3 rings (SSSR count). The van der Waals surface area contributed by atoms with E-state index in [1.165, 1.54) is 5.56 Å². The van der Waals surface area contributed by atoms with Crippen LogP contribution in [0.1, 0.15) is 16.1 Å². The summed E-state index contributed by atoms with van der Waals surface area (Å²) in [4.78, 5) is 16.5. The van der Waals surface area contributed by atoms with Gasteiger partial charge in [-0.2, -0.15) is 11.8 Å². The van der Waals surface area contributed by atoms with E-state index in [0.717, 1.165) is 17.2 Å². The third-order valence-electron chi connectivity index (χ3n) is 3.55. The maximum absolute atomic E-state index is 12.4. The van der Waals surface area contributed by atoms with E-state index in [9.17, 15) is 4.79 Å². The van der Waals surface area contributed by atoms with Gasteiger partial charge in [0, 0.05) is 23.7 Å². The van der Waals surface area contributed by atoms with Crippen molar-refractivity contribution >= 4 is 17.7 Å². The molecule has 0 saturated heterocycles. The summed E-state index contributed by atoms with van der Waals surface area (Å²) in [5.74, 6) is 1.73. The zero-order valence-corrected chi connectivity index (χ0v) is 14.1. The molecule has 0 bridgehead atoms. The first-order chi connectivity index (χ1) is 11.8. The summed E-state index contributed by atoms with van der Waals surface area (Å²) in [5.41, 5.74) is 2.78. The molecule has 3 aromatic rings. The highest BCUT2D eigenvalue weighted by Crippen LogP contribution is 2.12. The molecule has 0 radical (unpaired) electrons. The van der Waals surface area contributed by atoms with E-state index in [4.69, 9.17) is 0 Å². The van der Waals surface area contributed by atoms with Gasteiger partial charge in [-0.1, -0.05) is 48.5 Å². The summed E-state index contributed by atoms with van der Waals surface area (Å²) >= 11 is 1.81. The zero-order valence-electron chi connectivity index (χ0n) is 13.3. The fraction of sp³-hybridized carbons (Fsp3) is 0.158. The van der Waals surface area contributed by atoms with Gasteiger partial charge in [0.25, 0.3) is 5.91 Å². The van der Waals surface area contributed by atoms with Crippen LogP contribution >= 0.6 is 11.8 Å². The van der Waals surface area contributed by atoms with Crippen molar-refractivity contribution in [2.75, 3.05) is 12.3 Å². The van der Waals surface area contributed by atoms with E-state index in [1.54, 1.807) is 17.1 Å². The molecule has 0 aliphatic rings. The molecule has 1 aromatic heterocycles. The summed E-state index contributed by atoms with van der Waals surface area (Å²) in [5, 5.41) is 2.96. The van der Waals surface area contributed by atoms with Crippen LogP contribution in [0.4, 0.5) is 0 Å². The lowest BCUT2D eigenvalue weighted by atomic mass is 10.2. The Balaban J connectivity index is 1.49. The van der Waals surface area contributed by atoms with Crippen LogP contribution in [0.5, 0.6) is 0 Å². The molecular weight excluding hydrogens is 318 g/mol. The van der Waals surface area contributed by atoms with Crippen LogP contribution in [0.3, 0.4) is 0 Å². The molecule has 4 nitrogen and oxygen atoms in total. The van der Waals surface area contributed by atoms with Gasteiger partial charge in [-0.15, -0.1) is 0 Å². The molecule has 5 heteroatoms. The smallest absolute Gasteiger partial charge is 0.269 e. The highest BCUT2D eigenvalue weighted by Gasteiger charge is 2.12. The Morgan fingerprint density at radius 1 is 1.04 bits per heavy atom. The molecule has 24 heavy (non-hydrogen) atoms. The molecule has 0 unspecified atom stereocenters. The molecule has 0 atom stereocenters. The van der Waals surface area contributed by atoms with Crippen molar-refractivity contribution < 1.29 is 4.79 Å². The summed E-state index contributed by atoms with van der Waals surface area (Å²) < 4.78 is 1.80. The van der Waals surface area contributed by atoms with Gasteiger partial charge < -0.3 is 5.32 Å². The van der Waals surface area contributed by atoms with Gasteiger partial charge in [-0.25, -0.2) is 4.98 Å². The number of para-hydroxylation sites is 1. The lowest BCUT2D eigenvalue weighted by Gasteiger charge is -2.09. The minimum atomic E-state index is -0.100. The quantitative estimate of drug-likeness (QED) is 0.671. The summed E-state index contributed by atoms with van der Waals surface area (Å²) in [7, 11) is 0. The lowest BCUT2D eigenvalue weighted by Crippen LogP contribution is -2.27. The van der Waals surface area contributed by atoms with Crippen molar-refractivity contribution in [3.63, 3.8) is 0 Å². The molecule has 1 N–H and O–H groups in total. The van der Waals surface area contributed by atoms with E-state index >= 15 is 0 Å². The van der Waals surface area contributed by atoms with Gasteiger partial charge in [0.2, 0.25) is 0 Å². The molecule has 0 fully saturated rings. The van der Waals surface area contributed by atoms with Crippen LogP contribution in [0.15, 0.2) is 73.2 Å². The lowest BCUT2D eigenvalue weighted by molar-refractivity contribution is 0.0949. The highest BCUT2D eigenvalue weighted by molar-refractivity contribution is 7.98. The van der Waals surface area contributed by atoms with Crippen LogP contribution in [0.2, 0.25) is 0 Å². The number of carbonyl (C=O) groups excluding carboxylic acids is 1. The van der Waals surface area contributed by atoms with E-state index < -0.39 is 0 Å². The van der Waals surface area contributed by atoms with Gasteiger partial charge >= 0.3 is 0 Å². The van der Waals surface area contributed by atoms with Crippen LogP contribution < -0.4 is 5.32 Å². The summed E-state index contributed by atoms with van der Waals surface area (Å²) in [6.45, 7) is 0.635. The number of nitrogens with zero attached hydrogens (tertiary/aromatic N) is 2. The normalized spacial score (nSPS) is 10.5. The molecule has 2 aromatic carbocycles. The SMILES string of the molecule is O=C(NCCSCc1ccccc1)c1cncn1-c1ccccc1.